The zero-order valence-electron chi connectivity index (χ0n) is 14.7. The molecule has 0 fully saturated rings. The van der Waals surface area contributed by atoms with Crippen molar-refractivity contribution >= 4 is 16.1 Å². The van der Waals surface area contributed by atoms with Gasteiger partial charge in [0.25, 0.3) is 0 Å². The van der Waals surface area contributed by atoms with Crippen molar-refractivity contribution in [3.8, 4) is 0 Å². The van der Waals surface area contributed by atoms with Crippen LogP contribution in [-0.4, -0.2) is 62.0 Å². The second-order valence-corrected chi connectivity index (χ2v) is 7.64. The van der Waals surface area contributed by atoms with E-state index in [0.717, 1.165) is 37.0 Å². The van der Waals surface area contributed by atoms with Gasteiger partial charge in [-0.15, -0.1) is 0 Å². The highest BCUT2D eigenvalue weighted by Gasteiger charge is 2.25. The Bertz CT molecular complexity index is 467. The van der Waals surface area contributed by atoms with Crippen LogP contribution in [0.4, 0.5) is 0 Å². The Balaban J connectivity index is 4.57. The Hall–Kier alpha value is -0.920. The quantitative estimate of drug-likeness (QED) is 0.167. The molecule has 0 aliphatic carbocycles. The number of nitrogens with zero attached hydrogens (tertiary/aromatic N) is 1. The maximum Gasteiger partial charge on any atom is 0.333 e. The van der Waals surface area contributed by atoms with Crippen LogP contribution in [0.3, 0.4) is 0 Å². The van der Waals surface area contributed by atoms with Crippen LogP contribution in [0.2, 0.25) is 0 Å². The Morgan fingerprint density at radius 3 is 2.04 bits per heavy atom. The van der Waals surface area contributed by atoms with Crippen LogP contribution in [0.15, 0.2) is 12.2 Å². The van der Waals surface area contributed by atoms with Gasteiger partial charge in [-0.2, -0.15) is 0 Å². The van der Waals surface area contributed by atoms with Crippen molar-refractivity contribution < 1.29 is 27.0 Å². The van der Waals surface area contributed by atoms with Crippen molar-refractivity contribution in [2.75, 3.05) is 38.5 Å². The summed E-state index contributed by atoms with van der Waals surface area (Å²) in [5.74, 6) is -0.697. The number of esters is 1. The Morgan fingerprint density at radius 1 is 1.09 bits per heavy atom. The van der Waals surface area contributed by atoms with Crippen molar-refractivity contribution in [1.29, 1.82) is 0 Å². The van der Waals surface area contributed by atoms with Crippen molar-refractivity contribution in [1.82, 2.24) is 0 Å². The lowest BCUT2D eigenvalue weighted by Crippen LogP contribution is -2.51. The molecule has 0 unspecified atom stereocenters. The number of quaternary nitrogens is 1. The van der Waals surface area contributed by atoms with Crippen LogP contribution in [0, 0.1) is 0 Å². The predicted octanol–water partition coefficient (Wildman–Crippen LogP) is 2.07. The first-order valence-corrected chi connectivity index (χ1v) is 9.85. The van der Waals surface area contributed by atoms with Crippen molar-refractivity contribution in [2.24, 2.45) is 0 Å². The van der Waals surface area contributed by atoms with Gasteiger partial charge in [0.2, 0.25) is 0 Å². The zero-order valence-corrected chi connectivity index (χ0v) is 15.5. The summed E-state index contributed by atoms with van der Waals surface area (Å²) in [4.78, 5) is 11.4. The molecule has 0 bridgehead atoms. The maximum absolute atomic E-state index is 11.4. The lowest BCUT2D eigenvalue weighted by atomic mass is 10.2. The van der Waals surface area contributed by atoms with E-state index >= 15 is 0 Å². The lowest BCUT2D eigenvalue weighted by molar-refractivity contribution is -0.928. The number of carbonyl (C=O) groups is 1. The smallest absolute Gasteiger partial charge is 0.333 e. The number of hydrogen-bond donors (Lipinski definition) is 0. The van der Waals surface area contributed by atoms with Crippen LogP contribution < -0.4 is 0 Å². The molecule has 7 heteroatoms. The van der Waals surface area contributed by atoms with Gasteiger partial charge in [0.1, 0.15) is 0 Å². The molecule has 6 nitrogen and oxygen atoms in total. The third kappa shape index (κ3) is 10.5. The van der Waals surface area contributed by atoms with E-state index in [2.05, 4.69) is 20.4 Å². The van der Waals surface area contributed by atoms with Gasteiger partial charge in [-0.1, -0.05) is 20.4 Å². The minimum absolute atomic E-state index is 0.314. The highest BCUT2D eigenvalue weighted by Crippen LogP contribution is 2.14. The number of hydrogen-bond acceptors (Lipinski definition) is 5. The van der Waals surface area contributed by atoms with Gasteiger partial charge in [-0.25, -0.2) is 13.2 Å². The third-order valence-corrected chi connectivity index (χ3v) is 4.57. The predicted molar refractivity (Wildman–Crippen MR) is 89.9 cm³/mol. The van der Waals surface area contributed by atoms with Crippen molar-refractivity contribution in [2.45, 2.75) is 46.5 Å². The molecule has 0 saturated heterocycles. The third-order valence-electron chi connectivity index (χ3n) is 3.78. The summed E-state index contributed by atoms with van der Waals surface area (Å²) in [7, 11) is -4.16. The molecule has 0 N–H and O–H groups in total. The van der Waals surface area contributed by atoms with Crippen LogP contribution in [0.25, 0.3) is 0 Å². The summed E-state index contributed by atoms with van der Waals surface area (Å²) in [6.07, 6.45) is 3.05. The van der Waals surface area contributed by atoms with E-state index in [0.29, 0.717) is 31.6 Å². The van der Waals surface area contributed by atoms with Crippen molar-refractivity contribution in [3.63, 3.8) is 0 Å². The molecule has 0 radical (unpaired) electrons. The fourth-order valence-corrected chi connectivity index (χ4v) is 3.37. The van der Waals surface area contributed by atoms with Gasteiger partial charge in [-0.05, 0) is 19.8 Å². The highest BCUT2D eigenvalue weighted by atomic mass is 32.2. The van der Waals surface area contributed by atoms with Gasteiger partial charge in [0.05, 0.1) is 42.9 Å². The van der Waals surface area contributed by atoms with E-state index in [4.69, 9.17) is 4.74 Å². The first-order chi connectivity index (χ1) is 10.7. The summed E-state index contributed by atoms with van der Waals surface area (Å²) in [5.41, 5.74) is 0.383. The van der Waals surface area contributed by atoms with Gasteiger partial charge in [-0.3, -0.25) is 0 Å². The van der Waals surface area contributed by atoms with Gasteiger partial charge in [0.15, 0.2) is 0 Å². The lowest BCUT2D eigenvalue weighted by Gasteiger charge is -2.39. The monoisotopic (exact) mass is 349 g/mol. The van der Waals surface area contributed by atoms with Crippen LogP contribution in [-0.2, 0) is 19.6 Å². The Morgan fingerprint density at radius 2 is 1.61 bits per heavy atom. The molecule has 23 heavy (non-hydrogen) atoms. The summed E-state index contributed by atoms with van der Waals surface area (Å²) in [6.45, 7) is 13.0. The molecule has 0 atom stereocenters. The van der Waals surface area contributed by atoms with E-state index in [1.807, 2.05) is 0 Å². The Kier molecular flexibility index (Phi) is 10.3. The minimum Gasteiger partial charge on any atom is -0.748 e. The maximum atomic E-state index is 11.4. The summed E-state index contributed by atoms with van der Waals surface area (Å²) in [5, 5.41) is 0. The first kappa shape index (κ1) is 22.1. The van der Waals surface area contributed by atoms with Gasteiger partial charge in [0, 0.05) is 24.2 Å². The molecule has 0 aromatic carbocycles. The topological polar surface area (TPSA) is 83.5 Å². The molecular formula is C16H31NO5S. The van der Waals surface area contributed by atoms with Crippen LogP contribution in [0.1, 0.15) is 46.5 Å². The molecule has 0 amide bonds. The SMILES string of the molecule is C=C(C)C(=O)OCCC[N+](CCC)(CCC)CCCS(=O)(=O)[O-]. The molecule has 0 saturated carbocycles. The standard InChI is InChI=1S/C16H31NO5S/c1-5-9-17(10-6-2,12-8-14-23(19,20)21)11-7-13-22-16(18)15(3)4/h3,5-14H2,1-2,4H3. The summed E-state index contributed by atoms with van der Waals surface area (Å²) >= 11 is 0. The molecule has 0 aromatic rings. The van der Waals surface area contributed by atoms with E-state index in [1.54, 1.807) is 6.92 Å². The molecule has 0 aliphatic rings. The van der Waals surface area contributed by atoms with E-state index in [-0.39, 0.29) is 11.7 Å². The number of carbonyl (C=O) groups excluding carboxylic acids is 1. The fraction of sp³-hybridized carbons (Fsp3) is 0.812. The second-order valence-electron chi connectivity index (χ2n) is 6.12. The second kappa shape index (κ2) is 10.8. The van der Waals surface area contributed by atoms with Gasteiger partial charge >= 0.3 is 5.97 Å². The van der Waals surface area contributed by atoms with Crippen LogP contribution in [0.5, 0.6) is 0 Å². The van der Waals surface area contributed by atoms with E-state index < -0.39 is 10.1 Å². The summed E-state index contributed by atoms with van der Waals surface area (Å²) < 4.78 is 38.3. The summed E-state index contributed by atoms with van der Waals surface area (Å²) in [6, 6.07) is 0. The van der Waals surface area contributed by atoms with Crippen LogP contribution >= 0.6 is 0 Å². The largest absolute Gasteiger partial charge is 0.748 e. The minimum atomic E-state index is -4.16. The van der Waals surface area contributed by atoms with Gasteiger partial charge < -0.3 is 13.8 Å². The van der Waals surface area contributed by atoms with E-state index in [9.17, 15) is 17.8 Å². The number of rotatable bonds is 13. The zero-order chi connectivity index (χ0) is 17.9. The molecule has 0 spiro atoms. The molecule has 0 aliphatic heterocycles. The average Bonchev–Trinajstić information content (AvgIpc) is 2.42. The molecular weight excluding hydrogens is 318 g/mol. The average molecular weight is 349 g/mol. The molecule has 136 valence electrons. The highest BCUT2D eigenvalue weighted by molar-refractivity contribution is 7.85. The number of ether oxygens (including phenoxy) is 1. The Labute approximate surface area is 140 Å². The fourth-order valence-electron chi connectivity index (χ4n) is 2.88. The molecule has 0 heterocycles. The molecule has 0 rings (SSSR count). The first-order valence-electron chi connectivity index (χ1n) is 8.27. The van der Waals surface area contributed by atoms with Crippen molar-refractivity contribution in [3.05, 3.63) is 12.2 Å². The molecule has 0 aromatic heterocycles. The normalized spacial score (nSPS) is 12.2. The van der Waals surface area contributed by atoms with E-state index in [1.165, 1.54) is 0 Å².